The molecule has 1 aromatic heterocycles. The van der Waals surface area contributed by atoms with E-state index in [1.165, 1.54) is 24.2 Å². The molecule has 0 spiro atoms. The fourth-order valence-electron chi connectivity index (χ4n) is 2.67. The molecular formula is C18H24N4O. The monoisotopic (exact) mass is 312 g/mol. The molecule has 3 rings (SSSR count). The number of aryl methyl sites for hydroxylation is 2. The van der Waals surface area contributed by atoms with Gasteiger partial charge in [-0.05, 0) is 32.3 Å². The summed E-state index contributed by atoms with van der Waals surface area (Å²) in [4.78, 5) is 16.4. The van der Waals surface area contributed by atoms with Crippen molar-refractivity contribution in [2.75, 3.05) is 6.54 Å². The van der Waals surface area contributed by atoms with Crippen LogP contribution in [0.1, 0.15) is 41.4 Å². The van der Waals surface area contributed by atoms with Crippen LogP contribution in [0.2, 0.25) is 0 Å². The Morgan fingerprint density at radius 1 is 1.22 bits per heavy atom. The van der Waals surface area contributed by atoms with Gasteiger partial charge in [-0.3, -0.25) is 0 Å². The first-order chi connectivity index (χ1) is 11.1. The number of carbonyl (C=O) groups excluding carboxylic acids is 1. The summed E-state index contributed by atoms with van der Waals surface area (Å²) in [5.74, 6) is 1.79. The van der Waals surface area contributed by atoms with Gasteiger partial charge in [0.15, 0.2) is 0 Å². The Hall–Kier alpha value is -2.30. The maximum atomic E-state index is 11.9. The maximum Gasteiger partial charge on any atom is 0.315 e. The van der Waals surface area contributed by atoms with Crippen molar-refractivity contribution in [1.82, 2.24) is 20.2 Å². The Labute approximate surface area is 137 Å². The van der Waals surface area contributed by atoms with Gasteiger partial charge in [-0.1, -0.05) is 29.8 Å². The Kier molecular flexibility index (Phi) is 4.65. The number of imidazole rings is 1. The smallest absolute Gasteiger partial charge is 0.315 e. The molecule has 23 heavy (non-hydrogen) atoms. The van der Waals surface area contributed by atoms with Crippen molar-refractivity contribution in [3.05, 3.63) is 53.1 Å². The fraction of sp³-hybridized carbons (Fsp3) is 0.444. The topological polar surface area (TPSA) is 59.0 Å². The summed E-state index contributed by atoms with van der Waals surface area (Å²) < 4.78 is 2.22. The lowest BCUT2D eigenvalue weighted by Gasteiger charge is -2.11. The normalized spacial score (nSPS) is 13.8. The van der Waals surface area contributed by atoms with E-state index in [0.29, 0.717) is 19.0 Å². The van der Waals surface area contributed by atoms with Crippen molar-refractivity contribution in [2.24, 2.45) is 0 Å². The molecule has 1 aliphatic carbocycles. The van der Waals surface area contributed by atoms with E-state index in [9.17, 15) is 4.79 Å². The van der Waals surface area contributed by atoms with Gasteiger partial charge in [0.25, 0.3) is 0 Å². The highest BCUT2D eigenvalue weighted by Crippen LogP contribution is 2.39. The molecule has 2 N–H and O–H groups in total. The Morgan fingerprint density at radius 3 is 2.65 bits per heavy atom. The third-order valence-electron chi connectivity index (χ3n) is 4.22. The van der Waals surface area contributed by atoms with Gasteiger partial charge in [0.2, 0.25) is 0 Å². The van der Waals surface area contributed by atoms with Crippen molar-refractivity contribution in [1.29, 1.82) is 0 Å². The lowest BCUT2D eigenvalue weighted by Crippen LogP contribution is -2.37. The van der Waals surface area contributed by atoms with Crippen LogP contribution < -0.4 is 10.6 Å². The Balaban J connectivity index is 1.42. The molecule has 5 nitrogen and oxygen atoms in total. The molecule has 2 aromatic rings. The van der Waals surface area contributed by atoms with E-state index in [2.05, 4.69) is 46.2 Å². The summed E-state index contributed by atoms with van der Waals surface area (Å²) in [6.45, 7) is 6.05. The molecule has 1 saturated carbocycles. The number of nitrogens with zero attached hydrogens (tertiary/aromatic N) is 2. The van der Waals surface area contributed by atoms with Gasteiger partial charge in [0.05, 0.1) is 0 Å². The molecule has 2 amide bonds. The average Bonchev–Trinajstić information content (AvgIpc) is 3.32. The van der Waals surface area contributed by atoms with Crippen LogP contribution >= 0.6 is 0 Å². The quantitative estimate of drug-likeness (QED) is 0.861. The summed E-state index contributed by atoms with van der Waals surface area (Å²) in [6.07, 6.45) is 4.40. The fourth-order valence-corrected chi connectivity index (χ4v) is 2.67. The Bertz CT molecular complexity index is 671. The lowest BCUT2D eigenvalue weighted by molar-refractivity contribution is 0.240. The molecule has 0 atom stereocenters. The Morgan fingerprint density at radius 2 is 1.96 bits per heavy atom. The van der Waals surface area contributed by atoms with Gasteiger partial charge < -0.3 is 15.2 Å². The maximum absolute atomic E-state index is 11.9. The minimum atomic E-state index is -0.128. The molecule has 0 unspecified atom stereocenters. The van der Waals surface area contributed by atoms with Crippen LogP contribution in [-0.4, -0.2) is 22.1 Å². The lowest BCUT2D eigenvalue weighted by atomic mass is 10.1. The zero-order valence-electron chi connectivity index (χ0n) is 13.8. The second-order valence-corrected chi connectivity index (χ2v) is 6.28. The first-order valence-corrected chi connectivity index (χ1v) is 8.23. The third-order valence-corrected chi connectivity index (χ3v) is 4.22. The molecule has 0 radical (unpaired) electrons. The molecule has 0 bridgehead atoms. The van der Waals surface area contributed by atoms with E-state index >= 15 is 0 Å². The van der Waals surface area contributed by atoms with Crippen LogP contribution in [0, 0.1) is 13.8 Å². The third kappa shape index (κ3) is 4.12. The zero-order chi connectivity index (χ0) is 16.2. The number of rotatable bonds is 6. The largest absolute Gasteiger partial charge is 0.336 e. The second-order valence-electron chi connectivity index (χ2n) is 6.28. The molecule has 1 fully saturated rings. The van der Waals surface area contributed by atoms with Crippen molar-refractivity contribution in [3.63, 3.8) is 0 Å². The molecule has 0 aliphatic heterocycles. The summed E-state index contributed by atoms with van der Waals surface area (Å²) >= 11 is 0. The second kappa shape index (κ2) is 6.86. The number of benzene rings is 1. The predicted molar refractivity (Wildman–Crippen MR) is 90.4 cm³/mol. The van der Waals surface area contributed by atoms with Gasteiger partial charge in [0, 0.05) is 37.4 Å². The van der Waals surface area contributed by atoms with E-state index < -0.39 is 0 Å². The van der Waals surface area contributed by atoms with Gasteiger partial charge in [-0.2, -0.15) is 0 Å². The van der Waals surface area contributed by atoms with E-state index in [1.807, 2.05) is 18.3 Å². The molecule has 5 heteroatoms. The van der Waals surface area contributed by atoms with Crippen LogP contribution in [0.5, 0.6) is 0 Å². The molecular weight excluding hydrogens is 288 g/mol. The van der Waals surface area contributed by atoms with Crippen LogP contribution in [-0.2, 0) is 13.1 Å². The van der Waals surface area contributed by atoms with Gasteiger partial charge >= 0.3 is 6.03 Å². The van der Waals surface area contributed by atoms with E-state index in [1.54, 1.807) is 0 Å². The van der Waals surface area contributed by atoms with Crippen LogP contribution in [0.3, 0.4) is 0 Å². The van der Waals surface area contributed by atoms with Crippen molar-refractivity contribution < 1.29 is 4.79 Å². The number of amides is 2. The SMILES string of the molecule is Cc1ccc(CNC(=O)NCCn2c(C)cnc2C2CC2)cc1. The molecule has 122 valence electrons. The number of aromatic nitrogens is 2. The average molecular weight is 312 g/mol. The summed E-state index contributed by atoms with van der Waals surface area (Å²) in [7, 11) is 0. The predicted octanol–water partition coefficient (Wildman–Crippen LogP) is 2.88. The molecule has 1 heterocycles. The van der Waals surface area contributed by atoms with E-state index in [-0.39, 0.29) is 6.03 Å². The van der Waals surface area contributed by atoms with Crippen LogP contribution in [0.25, 0.3) is 0 Å². The number of nitrogens with one attached hydrogen (secondary N) is 2. The van der Waals surface area contributed by atoms with Crippen LogP contribution in [0.15, 0.2) is 30.5 Å². The number of hydrogen-bond donors (Lipinski definition) is 2. The first-order valence-electron chi connectivity index (χ1n) is 8.23. The summed E-state index contributed by atoms with van der Waals surface area (Å²) in [5.41, 5.74) is 3.49. The zero-order valence-corrected chi connectivity index (χ0v) is 13.8. The highest BCUT2D eigenvalue weighted by atomic mass is 16.2. The molecule has 1 aliphatic rings. The minimum absolute atomic E-state index is 0.128. The van der Waals surface area contributed by atoms with Gasteiger partial charge in [-0.15, -0.1) is 0 Å². The minimum Gasteiger partial charge on any atom is -0.336 e. The van der Waals surface area contributed by atoms with Crippen molar-refractivity contribution in [2.45, 2.75) is 45.7 Å². The first kappa shape index (κ1) is 15.6. The highest BCUT2D eigenvalue weighted by Gasteiger charge is 2.28. The van der Waals surface area contributed by atoms with Gasteiger partial charge in [-0.25, -0.2) is 9.78 Å². The summed E-state index contributed by atoms with van der Waals surface area (Å²) in [5, 5.41) is 5.81. The highest BCUT2D eigenvalue weighted by molar-refractivity contribution is 5.73. The van der Waals surface area contributed by atoms with E-state index in [4.69, 9.17) is 0 Å². The van der Waals surface area contributed by atoms with Gasteiger partial charge in [0.1, 0.15) is 5.82 Å². The molecule has 1 aromatic carbocycles. The van der Waals surface area contributed by atoms with E-state index in [0.717, 1.165) is 17.8 Å². The summed E-state index contributed by atoms with van der Waals surface area (Å²) in [6, 6.07) is 8.04. The number of urea groups is 1. The van der Waals surface area contributed by atoms with Crippen molar-refractivity contribution >= 4 is 6.03 Å². The van der Waals surface area contributed by atoms with Crippen LogP contribution in [0.4, 0.5) is 4.79 Å². The van der Waals surface area contributed by atoms with Crippen molar-refractivity contribution in [3.8, 4) is 0 Å². The number of hydrogen-bond acceptors (Lipinski definition) is 2. The standard InChI is InChI=1S/C18H24N4O/c1-13-3-5-15(6-4-13)12-21-18(23)19-9-10-22-14(2)11-20-17(22)16-7-8-16/h3-6,11,16H,7-10,12H2,1-2H3,(H2,19,21,23). The molecule has 0 saturated heterocycles. The number of carbonyl (C=O) groups is 1.